The molecule has 55 heavy (non-hydrogen) atoms. The van der Waals surface area contributed by atoms with Crippen LogP contribution in [-0.2, 0) is 10.8 Å². The summed E-state index contributed by atoms with van der Waals surface area (Å²) < 4.78 is 7.02. The maximum atomic E-state index is 7.02. The van der Waals surface area contributed by atoms with Crippen molar-refractivity contribution >= 4 is 10.8 Å². The zero-order chi connectivity index (χ0) is 35.9. The van der Waals surface area contributed by atoms with Gasteiger partial charge in [0.2, 0.25) is 0 Å². The number of rotatable bonds is 1. The lowest BCUT2D eigenvalue weighted by molar-refractivity contribution is 0.437. The molecule has 0 fully saturated rings. The highest BCUT2D eigenvalue weighted by atomic mass is 16.5. The van der Waals surface area contributed by atoms with Crippen LogP contribution in [0.15, 0.2) is 194 Å². The van der Waals surface area contributed by atoms with E-state index < -0.39 is 10.8 Å². The topological polar surface area (TPSA) is 9.23 Å². The van der Waals surface area contributed by atoms with Crippen LogP contribution in [0.3, 0.4) is 0 Å². The Morgan fingerprint density at radius 3 is 1.33 bits per heavy atom. The monoisotopic (exact) mass is 696 g/mol. The molecule has 1 heteroatoms. The van der Waals surface area contributed by atoms with E-state index >= 15 is 0 Å². The zero-order valence-electron chi connectivity index (χ0n) is 29.9. The van der Waals surface area contributed by atoms with Crippen molar-refractivity contribution in [2.45, 2.75) is 10.8 Å². The standard InChI is InChI=1S/C54H32O/c1-2-16-34-33(15-1)31-32-42-38-20-6-10-27-46(38)54(50(34)42)45-26-9-5-19-37(45)39-21-13-22-40(51(39)54)41-23-14-30-49-52(41)53(47-28-11-12-29-48(47)55-49)43-24-7-3-17-35(43)36-18-4-8-25-44(36)53/h1-32H. The summed E-state index contributed by atoms with van der Waals surface area (Å²) in [6.07, 6.45) is 0. The summed E-state index contributed by atoms with van der Waals surface area (Å²) in [7, 11) is 0. The summed E-state index contributed by atoms with van der Waals surface area (Å²) in [5, 5.41) is 2.56. The molecule has 1 atom stereocenters. The van der Waals surface area contributed by atoms with Crippen LogP contribution in [0.2, 0.25) is 0 Å². The van der Waals surface area contributed by atoms with E-state index in [1.807, 2.05) is 0 Å². The molecule has 9 aromatic rings. The van der Waals surface area contributed by atoms with Crippen molar-refractivity contribution < 1.29 is 4.74 Å². The van der Waals surface area contributed by atoms with Crippen molar-refractivity contribution in [1.82, 2.24) is 0 Å². The third kappa shape index (κ3) is 3.38. The summed E-state index contributed by atoms with van der Waals surface area (Å²) in [5.74, 6) is 1.81. The molecular weight excluding hydrogens is 665 g/mol. The summed E-state index contributed by atoms with van der Waals surface area (Å²) in [6, 6.07) is 72.4. The second kappa shape index (κ2) is 10.4. The number of para-hydroxylation sites is 1. The Kier molecular flexibility index (Phi) is 5.56. The number of ether oxygens (including phenoxy) is 1. The van der Waals surface area contributed by atoms with Gasteiger partial charge in [0.25, 0.3) is 0 Å². The smallest absolute Gasteiger partial charge is 0.132 e. The molecule has 9 aromatic carbocycles. The number of hydrogen-bond acceptors (Lipinski definition) is 1. The molecule has 0 N–H and O–H groups in total. The predicted molar refractivity (Wildman–Crippen MR) is 223 cm³/mol. The van der Waals surface area contributed by atoms with Gasteiger partial charge in [-0.3, -0.25) is 0 Å². The lowest BCUT2D eigenvalue weighted by Crippen LogP contribution is -2.33. The fraction of sp³-hybridized carbons (Fsp3) is 0.0370. The van der Waals surface area contributed by atoms with Crippen LogP contribution in [-0.4, -0.2) is 0 Å². The second-order valence-corrected chi connectivity index (χ2v) is 15.4. The van der Waals surface area contributed by atoms with E-state index in [2.05, 4.69) is 194 Å². The van der Waals surface area contributed by atoms with Crippen molar-refractivity contribution in [2.75, 3.05) is 0 Å². The minimum Gasteiger partial charge on any atom is -0.457 e. The Morgan fingerprint density at radius 1 is 0.255 bits per heavy atom. The van der Waals surface area contributed by atoms with E-state index in [-0.39, 0.29) is 0 Å². The average molecular weight is 697 g/mol. The van der Waals surface area contributed by atoms with E-state index in [0.29, 0.717) is 0 Å². The lowest BCUT2D eigenvalue weighted by Gasteiger charge is -2.41. The highest BCUT2D eigenvalue weighted by Gasteiger charge is 2.56. The van der Waals surface area contributed by atoms with Gasteiger partial charge in [-0.1, -0.05) is 182 Å². The van der Waals surface area contributed by atoms with E-state index in [1.54, 1.807) is 0 Å². The maximum absolute atomic E-state index is 7.02. The number of fused-ring (bicyclic) bond motifs is 21. The third-order valence-corrected chi connectivity index (χ3v) is 13.1. The van der Waals surface area contributed by atoms with Crippen LogP contribution >= 0.6 is 0 Å². The largest absolute Gasteiger partial charge is 0.457 e. The summed E-state index contributed by atoms with van der Waals surface area (Å²) >= 11 is 0. The van der Waals surface area contributed by atoms with Gasteiger partial charge in [0, 0.05) is 11.1 Å². The predicted octanol–water partition coefficient (Wildman–Crippen LogP) is 13.3. The molecule has 3 aliphatic carbocycles. The second-order valence-electron chi connectivity index (χ2n) is 15.4. The summed E-state index contributed by atoms with van der Waals surface area (Å²) in [5.41, 5.74) is 19.5. The Labute approximate surface area is 319 Å². The molecule has 0 amide bonds. The first-order valence-corrected chi connectivity index (χ1v) is 19.3. The summed E-state index contributed by atoms with van der Waals surface area (Å²) in [4.78, 5) is 0. The lowest BCUT2D eigenvalue weighted by atomic mass is 9.63. The molecule has 0 bridgehead atoms. The molecule has 1 aliphatic heterocycles. The van der Waals surface area contributed by atoms with Crippen LogP contribution in [0.1, 0.15) is 44.5 Å². The molecule has 0 saturated carbocycles. The molecule has 4 aliphatic rings. The van der Waals surface area contributed by atoms with Crippen LogP contribution in [0.5, 0.6) is 11.5 Å². The van der Waals surface area contributed by atoms with Gasteiger partial charge in [0.1, 0.15) is 11.5 Å². The molecule has 1 unspecified atom stereocenters. The van der Waals surface area contributed by atoms with Gasteiger partial charge in [-0.05, 0) is 101 Å². The Bertz CT molecular complexity index is 3090. The van der Waals surface area contributed by atoms with Crippen molar-refractivity contribution in [3.05, 3.63) is 239 Å². The van der Waals surface area contributed by atoms with E-state index in [9.17, 15) is 0 Å². The molecule has 1 heterocycles. The third-order valence-electron chi connectivity index (χ3n) is 13.1. The normalized spacial score (nSPS) is 16.7. The van der Waals surface area contributed by atoms with E-state index in [1.165, 1.54) is 99.8 Å². The molecular formula is C54H32O. The SMILES string of the molecule is c1ccc2c(c1)Oc1cccc(-c3cccc4c3C3(c5ccccc5-4)c4ccccc4-c4ccc5ccccc5c43)c1C21c2ccccc2-c2ccccc21. The molecule has 1 nitrogen and oxygen atoms in total. The van der Waals surface area contributed by atoms with Crippen molar-refractivity contribution in [3.8, 4) is 56.0 Å². The molecule has 0 saturated heterocycles. The first-order valence-electron chi connectivity index (χ1n) is 19.3. The molecule has 0 radical (unpaired) electrons. The van der Waals surface area contributed by atoms with Gasteiger partial charge in [0.05, 0.1) is 10.8 Å². The first-order chi connectivity index (χ1) is 27.3. The van der Waals surface area contributed by atoms with Crippen molar-refractivity contribution in [2.24, 2.45) is 0 Å². The van der Waals surface area contributed by atoms with Gasteiger partial charge in [-0.15, -0.1) is 0 Å². The number of hydrogen-bond donors (Lipinski definition) is 0. The number of benzene rings is 9. The highest BCUT2D eigenvalue weighted by molar-refractivity contribution is 6.06. The minimum absolute atomic E-state index is 0.538. The molecule has 0 aromatic heterocycles. The molecule has 2 spiro atoms. The van der Waals surface area contributed by atoms with Crippen molar-refractivity contribution in [3.63, 3.8) is 0 Å². The maximum Gasteiger partial charge on any atom is 0.132 e. The molecule has 13 rings (SSSR count). The van der Waals surface area contributed by atoms with Gasteiger partial charge in [-0.2, -0.15) is 0 Å². The quantitative estimate of drug-likeness (QED) is 0.166. The van der Waals surface area contributed by atoms with Crippen molar-refractivity contribution in [1.29, 1.82) is 0 Å². The minimum atomic E-state index is -0.590. The van der Waals surface area contributed by atoms with Crippen LogP contribution < -0.4 is 4.74 Å². The Balaban J connectivity index is 1.22. The Morgan fingerprint density at radius 2 is 0.673 bits per heavy atom. The average Bonchev–Trinajstić information content (AvgIpc) is 3.84. The van der Waals surface area contributed by atoms with Gasteiger partial charge >= 0.3 is 0 Å². The van der Waals surface area contributed by atoms with Crippen LogP contribution in [0.25, 0.3) is 55.3 Å². The van der Waals surface area contributed by atoms with Crippen LogP contribution in [0, 0.1) is 0 Å². The fourth-order valence-corrected chi connectivity index (χ4v) is 11.3. The summed E-state index contributed by atoms with van der Waals surface area (Å²) in [6.45, 7) is 0. The van der Waals surface area contributed by atoms with E-state index in [4.69, 9.17) is 4.74 Å². The van der Waals surface area contributed by atoms with E-state index in [0.717, 1.165) is 11.5 Å². The highest BCUT2D eigenvalue weighted by Crippen LogP contribution is 2.68. The first kappa shape index (κ1) is 29.5. The van der Waals surface area contributed by atoms with Gasteiger partial charge < -0.3 is 4.74 Å². The van der Waals surface area contributed by atoms with Gasteiger partial charge in [0.15, 0.2) is 0 Å². The van der Waals surface area contributed by atoms with Gasteiger partial charge in [-0.25, -0.2) is 0 Å². The zero-order valence-corrected chi connectivity index (χ0v) is 29.9. The van der Waals surface area contributed by atoms with Crippen LogP contribution in [0.4, 0.5) is 0 Å². The molecule has 254 valence electrons. The fourth-order valence-electron chi connectivity index (χ4n) is 11.3. The Hall–Kier alpha value is -6.96.